The average Bonchev–Trinajstić information content (AvgIpc) is 2.83. The van der Waals surface area contributed by atoms with Gasteiger partial charge in [-0.2, -0.15) is 5.10 Å². The molecule has 1 aliphatic heterocycles. The molecule has 1 aliphatic rings. The molecule has 2 rings (SSSR count). The van der Waals surface area contributed by atoms with Crippen molar-refractivity contribution in [1.29, 1.82) is 0 Å². The number of esters is 1. The Bertz CT molecular complexity index is 524. The van der Waals surface area contributed by atoms with Gasteiger partial charge in [0.05, 0.1) is 24.8 Å². The smallest absolute Gasteiger partial charge is 0.312 e. The number of anilines is 1. The Kier molecular flexibility index (Phi) is 3.96. The Hall–Kier alpha value is -2.05. The molecule has 1 aromatic heterocycles. The highest BCUT2D eigenvalue weighted by molar-refractivity contribution is 5.98. The largest absolute Gasteiger partial charge is 0.466 e. The Morgan fingerprint density at radius 2 is 2.25 bits per heavy atom. The van der Waals surface area contributed by atoms with Crippen molar-refractivity contribution in [2.24, 2.45) is 5.92 Å². The molecule has 7 nitrogen and oxygen atoms in total. The molecule has 0 aliphatic carbocycles. The minimum absolute atomic E-state index is 0.111. The van der Waals surface area contributed by atoms with Gasteiger partial charge in [0, 0.05) is 20.6 Å². The Labute approximate surface area is 117 Å². The highest BCUT2D eigenvalue weighted by Gasteiger charge is 2.35. The second-order valence-corrected chi connectivity index (χ2v) is 5.03. The summed E-state index contributed by atoms with van der Waals surface area (Å²) in [5, 5.41) is 7.35. The highest BCUT2D eigenvalue weighted by atomic mass is 16.5. The molecule has 2 unspecified atom stereocenters. The molecule has 2 atom stereocenters. The molecule has 0 spiro atoms. The van der Waals surface area contributed by atoms with Crippen LogP contribution in [0.1, 0.15) is 30.2 Å². The van der Waals surface area contributed by atoms with E-state index in [1.54, 1.807) is 25.7 Å². The lowest BCUT2D eigenvalue weighted by Gasteiger charge is -2.30. The zero-order valence-corrected chi connectivity index (χ0v) is 12.2. The number of carbonyl (C=O) groups excluding carboxylic acids is 2. The SMILES string of the molecule is CCOC(=O)C1CNc2c(C(=O)N(C)C)cnn2C1C. The standard InChI is InChI=1S/C13H20N4O3/c1-5-20-13(19)9-6-14-11-10(12(18)16(3)4)7-15-17(11)8(9)2/h7-9,14H,5-6H2,1-4H3. The normalized spacial score (nSPS) is 20.8. The van der Waals surface area contributed by atoms with E-state index >= 15 is 0 Å². The number of rotatable bonds is 3. The van der Waals surface area contributed by atoms with Crippen molar-refractivity contribution < 1.29 is 14.3 Å². The van der Waals surface area contributed by atoms with Crippen LogP contribution in [0.2, 0.25) is 0 Å². The number of fused-ring (bicyclic) bond motifs is 1. The van der Waals surface area contributed by atoms with E-state index in [0.29, 0.717) is 24.5 Å². The van der Waals surface area contributed by atoms with Crippen molar-refractivity contribution in [3.63, 3.8) is 0 Å². The molecule has 0 aromatic carbocycles. The van der Waals surface area contributed by atoms with Gasteiger partial charge in [-0.25, -0.2) is 4.68 Å². The number of carbonyl (C=O) groups is 2. The summed E-state index contributed by atoms with van der Waals surface area (Å²) in [6, 6.07) is -0.144. The van der Waals surface area contributed by atoms with Crippen LogP contribution in [0.5, 0.6) is 0 Å². The first-order chi connectivity index (χ1) is 9.47. The maximum absolute atomic E-state index is 12.0. The number of hydrogen-bond acceptors (Lipinski definition) is 5. The Morgan fingerprint density at radius 3 is 2.85 bits per heavy atom. The maximum atomic E-state index is 12.0. The van der Waals surface area contributed by atoms with Gasteiger partial charge < -0.3 is 15.0 Å². The van der Waals surface area contributed by atoms with Gasteiger partial charge in [-0.3, -0.25) is 9.59 Å². The predicted molar refractivity (Wildman–Crippen MR) is 73.6 cm³/mol. The van der Waals surface area contributed by atoms with Gasteiger partial charge in [-0.05, 0) is 13.8 Å². The van der Waals surface area contributed by atoms with E-state index in [1.165, 1.54) is 11.1 Å². The first-order valence-electron chi connectivity index (χ1n) is 6.67. The number of nitrogens with zero attached hydrogens (tertiary/aromatic N) is 3. The number of nitrogens with one attached hydrogen (secondary N) is 1. The lowest BCUT2D eigenvalue weighted by atomic mass is 9.99. The molecule has 1 amide bonds. The third kappa shape index (κ3) is 2.35. The van der Waals surface area contributed by atoms with Crippen LogP contribution in [0.25, 0.3) is 0 Å². The lowest BCUT2D eigenvalue weighted by molar-refractivity contribution is -0.149. The average molecular weight is 280 g/mol. The van der Waals surface area contributed by atoms with Gasteiger partial charge in [0.15, 0.2) is 0 Å². The van der Waals surface area contributed by atoms with Gasteiger partial charge in [0.25, 0.3) is 5.91 Å². The molecule has 0 radical (unpaired) electrons. The fraction of sp³-hybridized carbons (Fsp3) is 0.615. The van der Waals surface area contributed by atoms with Crippen molar-refractivity contribution in [1.82, 2.24) is 14.7 Å². The molecule has 20 heavy (non-hydrogen) atoms. The molecule has 0 saturated heterocycles. The maximum Gasteiger partial charge on any atom is 0.312 e. The first-order valence-corrected chi connectivity index (χ1v) is 6.67. The summed E-state index contributed by atoms with van der Waals surface area (Å²) >= 11 is 0. The van der Waals surface area contributed by atoms with Crippen molar-refractivity contribution in [2.75, 3.05) is 32.6 Å². The van der Waals surface area contributed by atoms with E-state index < -0.39 is 0 Å². The van der Waals surface area contributed by atoms with Crippen molar-refractivity contribution in [2.45, 2.75) is 19.9 Å². The van der Waals surface area contributed by atoms with E-state index in [2.05, 4.69) is 10.4 Å². The summed E-state index contributed by atoms with van der Waals surface area (Å²) in [6.45, 7) is 4.49. The predicted octanol–water partition coefficient (Wildman–Crippen LogP) is 0.751. The molecule has 1 N–H and O–H groups in total. The number of ether oxygens (including phenoxy) is 1. The summed E-state index contributed by atoms with van der Waals surface area (Å²) in [5.41, 5.74) is 0.518. The first kappa shape index (κ1) is 14.4. The van der Waals surface area contributed by atoms with Crippen LogP contribution >= 0.6 is 0 Å². The highest BCUT2D eigenvalue weighted by Crippen LogP contribution is 2.31. The molecule has 110 valence electrons. The number of amides is 1. The Morgan fingerprint density at radius 1 is 1.55 bits per heavy atom. The molecule has 7 heteroatoms. The third-order valence-corrected chi connectivity index (χ3v) is 3.48. The van der Waals surface area contributed by atoms with Crippen LogP contribution < -0.4 is 5.32 Å². The Balaban J connectivity index is 2.26. The van der Waals surface area contributed by atoms with Gasteiger partial charge in [-0.15, -0.1) is 0 Å². The fourth-order valence-corrected chi connectivity index (χ4v) is 2.32. The minimum atomic E-state index is -0.301. The van der Waals surface area contributed by atoms with E-state index in [1.807, 2.05) is 6.92 Å². The van der Waals surface area contributed by atoms with Crippen molar-refractivity contribution in [3.05, 3.63) is 11.8 Å². The molecule has 1 aromatic rings. The molecular formula is C13H20N4O3. The molecule has 0 bridgehead atoms. The summed E-state index contributed by atoms with van der Waals surface area (Å²) in [7, 11) is 3.39. The van der Waals surface area contributed by atoms with E-state index in [9.17, 15) is 9.59 Å². The molecular weight excluding hydrogens is 260 g/mol. The van der Waals surface area contributed by atoms with Gasteiger partial charge >= 0.3 is 5.97 Å². The number of hydrogen-bond donors (Lipinski definition) is 1. The van der Waals surface area contributed by atoms with Crippen molar-refractivity contribution in [3.8, 4) is 0 Å². The van der Waals surface area contributed by atoms with Crippen LogP contribution in [0.4, 0.5) is 5.82 Å². The third-order valence-electron chi connectivity index (χ3n) is 3.48. The van der Waals surface area contributed by atoms with Crippen LogP contribution in [0.15, 0.2) is 6.20 Å². The van der Waals surface area contributed by atoms with Gasteiger partial charge in [0.2, 0.25) is 0 Å². The fourth-order valence-electron chi connectivity index (χ4n) is 2.32. The van der Waals surface area contributed by atoms with E-state index in [0.717, 1.165) is 0 Å². The summed E-state index contributed by atoms with van der Waals surface area (Å²) in [6.07, 6.45) is 1.54. The second kappa shape index (κ2) is 5.52. The zero-order chi connectivity index (χ0) is 14.9. The van der Waals surface area contributed by atoms with Gasteiger partial charge in [0.1, 0.15) is 11.4 Å². The van der Waals surface area contributed by atoms with Crippen LogP contribution in [-0.2, 0) is 9.53 Å². The van der Waals surface area contributed by atoms with Crippen LogP contribution in [0.3, 0.4) is 0 Å². The summed E-state index contributed by atoms with van der Waals surface area (Å²) in [4.78, 5) is 25.4. The van der Waals surface area contributed by atoms with E-state index in [4.69, 9.17) is 4.74 Å². The molecule has 2 heterocycles. The number of aromatic nitrogens is 2. The summed E-state index contributed by atoms with van der Waals surface area (Å²) < 4.78 is 6.75. The quantitative estimate of drug-likeness (QED) is 0.827. The molecule has 0 saturated carbocycles. The van der Waals surface area contributed by atoms with Crippen LogP contribution in [0, 0.1) is 5.92 Å². The summed E-state index contributed by atoms with van der Waals surface area (Å²) in [5.74, 6) is 0.0103. The lowest BCUT2D eigenvalue weighted by Crippen LogP contribution is -2.38. The second-order valence-electron chi connectivity index (χ2n) is 5.03. The molecule has 0 fully saturated rings. The minimum Gasteiger partial charge on any atom is -0.466 e. The van der Waals surface area contributed by atoms with Crippen molar-refractivity contribution >= 4 is 17.7 Å². The van der Waals surface area contributed by atoms with Gasteiger partial charge in [-0.1, -0.05) is 0 Å². The van der Waals surface area contributed by atoms with Crippen LogP contribution in [-0.4, -0.2) is 53.8 Å². The van der Waals surface area contributed by atoms with E-state index in [-0.39, 0.29) is 23.8 Å². The monoisotopic (exact) mass is 280 g/mol. The zero-order valence-electron chi connectivity index (χ0n) is 12.2. The topological polar surface area (TPSA) is 76.5 Å².